The molecule has 25 heavy (non-hydrogen) atoms. The van der Waals surface area contributed by atoms with Crippen molar-refractivity contribution >= 4 is 16.5 Å². The largest absolute Gasteiger partial charge is 0.468 e. The zero-order chi connectivity index (χ0) is 17.7. The van der Waals surface area contributed by atoms with Crippen LogP contribution in [0.1, 0.15) is 5.56 Å². The topological polar surface area (TPSA) is 72.8 Å². The van der Waals surface area contributed by atoms with Gasteiger partial charge in [0.15, 0.2) is 11.6 Å². The second-order valence-corrected chi connectivity index (χ2v) is 5.87. The average molecular weight is 367 g/mol. The van der Waals surface area contributed by atoms with Crippen LogP contribution in [-0.4, -0.2) is 32.9 Å². The van der Waals surface area contributed by atoms with Crippen molar-refractivity contribution in [3.8, 4) is 16.6 Å². The average Bonchev–Trinajstić information content (AvgIpc) is 3.08. The number of anilines is 1. The van der Waals surface area contributed by atoms with Gasteiger partial charge in [0.25, 0.3) is 0 Å². The van der Waals surface area contributed by atoms with Crippen molar-refractivity contribution < 1.29 is 17.9 Å². The zero-order valence-corrected chi connectivity index (χ0v) is 13.5. The molecule has 0 bridgehead atoms. The standard InChI is InChI=1S/C15H12F3N5OS/c16-15(17,18)9-24-12-5-4-10(7-20-12)8-21-14-23-22-13(25-14)11-3-1-2-6-19-11/h1-7H,8-9H2,(H,21,23). The summed E-state index contributed by atoms with van der Waals surface area (Å²) in [4.78, 5) is 8.04. The molecule has 1 N–H and O–H groups in total. The summed E-state index contributed by atoms with van der Waals surface area (Å²) in [5, 5.41) is 12.5. The molecule has 0 atom stereocenters. The number of hydrogen-bond acceptors (Lipinski definition) is 7. The van der Waals surface area contributed by atoms with Gasteiger partial charge in [-0.2, -0.15) is 13.2 Å². The SMILES string of the molecule is FC(F)(F)COc1ccc(CNc2nnc(-c3ccccn3)s2)cn1. The molecule has 3 aromatic rings. The summed E-state index contributed by atoms with van der Waals surface area (Å²) in [7, 11) is 0. The van der Waals surface area contributed by atoms with Gasteiger partial charge >= 0.3 is 6.18 Å². The lowest BCUT2D eigenvalue weighted by molar-refractivity contribution is -0.154. The predicted molar refractivity (Wildman–Crippen MR) is 86.3 cm³/mol. The molecule has 0 unspecified atom stereocenters. The minimum Gasteiger partial charge on any atom is -0.468 e. The predicted octanol–water partition coefficient (Wildman–Crippen LogP) is 3.55. The van der Waals surface area contributed by atoms with Gasteiger partial charge in [0.05, 0.1) is 0 Å². The first kappa shape index (κ1) is 17.1. The summed E-state index contributed by atoms with van der Waals surface area (Å²) in [6, 6.07) is 8.55. The van der Waals surface area contributed by atoms with E-state index in [0.717, 1.165) is 11.3 Å². The number of rotatable bonds is 6. The first-order valence-electron chi connectivity index (χ1n) is 7.13. The molecular formula is C15H12F3N5OS. The van der Waals surface area contributed by atoms with Crippen LogP contribution in [0.5, 0.6) is 5.88 Å². The Morgan fingerprint density at radius 1 is 1.08 bits per heavy atom. The number of pyridine rings is 2. The minimum absolute atomic E-state index is 0.0746. The highest BCUT2D eigenvalue weighted by atomic mass is 32.1. The molecule has 0 aromatic carbocycles. The molecular weight excluding hydrogens is 355 g/mol. The van der Waals surface area contributed by atoms with Crippen molar-refractivity contribution in [1.82, 2.24) is 20.2 Å². The maximum absolute atomic E-state index is 12.1. The second-order valence-electron chi connectivity index (χ2n) is 4.89. The van der Waals surface area contributed by atoms with Crippen molar-refractivity contribution in [3.05, 3.63) is 48.3 Å². The van der Waals surface area contributed by atoms with Gasteiger partial charge < -0.3 is 10.1 Å². The molecule has 0 spiro atoms. The van der Waals surface area contributed by atoms with Crippen LogP contribution in [0.4, 0.5) is 18.3 Å². The Bertz CT molecular complexity index is 808. The van der Waals surface area contributed by atoms with Crippen LogP contribution in [0.25, 0.3) is 10.7 Å². The van der Waals surface area contributed by atoms with E-state index >= 15 is 0 Å². The normalized spacial score (nSPS) is 11.3. The number of nitrogens with zero attached hydrogens (tertiary/aromatic N) is 4. The lowest BCUT2D eigenvalue weighted by Crippen LogP contribution is -2.19. The van der Waals surface area contributed by atoms with E-state index in [0.29, 0.717) is 16.7 Å². The Morgan fingerprint density at radius 3 is 2.64 bits per heavy atom. The fourth-order valence-electron chi connectivity index (χ4n) is 1.82. The molecule has 0 saturated carbocycles. The quantitative estimate of drug-likeness (QED) is 0.718. The van der Waals surface area contributed by atoms with Gasteiger partial charge in [-0.25, -0.2) is 4.98 Å². The van der Waals surface area contributed by atoms with Crippen LogP contribution in [0.3, 0.4) is 0 Å². The van der Waals surface area contributed by atoms with Crippen molar-refractivity contribution in [1.29, 1.82) is 0 Å². The van der Waals surface area contributed by atoms with E-state index in [9.17, 15) is 13.2 Å². The van der Waals surface area contributed by atoms with Gasteiger partial charge in [-0.05, 0) is 17.7 Å². The molecule has 0 aliphatic carbocycles. The first-order chi connectivity index (χ1) is 12.0. The number of halogens is 3. The number of hydrogen-bond donors (Lipinski definition) is 1. The highest BCUT2D eigenvalue weighted by Gasteiger charge is 2.28. The van der Waals surface area contributed by atoms with Crippen molar-refractivity contribution in [2.45, 2.75) is 12.7 Å². The van der Waals surface area contributed by atoms with Crippen LogP contribution < -0.4 is 10.1 Å². The third kappa shape index (κ3) is 5.11. The van der Waals surface area contributed by atoms with Gasteiger partial charge in [0.1, 0.15) is 5.69 Å². The monoisotopic (exact) mass is 367 g/mol. The fourth-order valence-corrected chi connectivity index (χ4v) is 2.54. The van der Waals surface area contributed by atoms with Crippen LogP contribution in [-0.2, 0) is 6.54 Å². The molecule has 0 fully saturated rings. The molecule has 3 heterocycles. The molecule has 130 valence electrons. The molecule has 0 aliphatic heterocycles. The molecule has 0 saturated heterocycles. The highest BCUT2D eigenvalue weighted by Crippen LogP contribution is 2.24. The molecule has 0 amide bonds. The molecule has 3 aromatic heterocycles. The second kappa shape index (κ2) is 7.43. The van der Waals surface area contributed by atoms with E-state index < -0.39 is 12.8 Å². The van der Waals surface area contributed by atoms with Gasteiger partial charge in [-0.3, -0.25) is 4.98 Å². The Labute approximate surface area is 144 Å². The number of ether oxygens (including phenoxy) is 1. The summed E-state index contributed by atoms with van der Waals surface area (Å²) in [5.74, 6) is -0.0746. The lowest BCUT2D eigenvalue weighted by Gasteiger charge is -2.08. The molecule has 0 aliphatic rings. The van der Waals surface area contributed by atoms with Gasteiger partial charge in [0.2, 0.25) is 11.0 Å². The van der Waals surface area contributed by atoms with Crippen molar-refractivity contribution in [3.63, 3.8) is 0 Å². The van der Waals surface area contributed by atoms with Gasteiger partial charge in [-0.15, -0.1) is 10.2 Å². The summed E-state index contributed by atoms with van der Waals surface area (Å²) < 4.78 is 40.8. The van der Waals surface area contributed by atoms with Gasteiger partial charge in [-0.1, -0.05) is 23.5 Å². The van der Waals surface area contributed by atoms with E-state index in [2.05, 4.69) is 30.2 Å². The smallest absolute Gasteiger partial charge is 0.422 e. The molecule has 3 rings (SSSR count). The summed E-state index contributed by atoms with van der Waals surface area (Å²) in [6.07, 6.45) is -1.26. The third-order valence-electron chi connectivity index (χ3n) is 2.93. The molecule has 10 heteroatoms. The Morgan fingerprint density at radius 2 is 1.96 bits per heavy atom. The van der Waals surface area contributed by atoms with E-state index in [1.54, 1.807) is 12.3 Å². The lowest BCUT2D eigenvalue weighted by atomic mass is 10.3. The Balaban J connectivity index is 1.54. The fraction of sp³-hybridized carbons (Fsp3) is 0.200. The van der Waals surface area contributed by atoms with Crippen molar-refractivity contribution in [2.75, 3.05) is 11.9 Å². The maximum Gasteiger partial charge on any atom is 0.422 e. The molecule has 6 nitrogen and oxygen atoms in total. The van der Waals surface area contributed by atoms with Crippen LogP contribution in [0, 0.1) is 0 Å². The number of alkyl halides is 3. The Hall–Kier alpha value is -2.75. The van der Waals surface area contributed by atoms with Gasteiger partial charge in [0, 0.05) is 25.0 Å². The molecule has 0 radical (unpaired) electrons. The first-order valence-corrected chi connectivity index (χ1v) is 7.94. The van der Waals surface area contributed by atoms with E-state index in [-0.39, 0.29) is 5.88 Å². The van der Waals surface area contributed by atoms with E-state index in [4.69, 9.17) is 0 Å². The number of aromatic nitrogens is 4. The summed E-state index contributed by atoms with van der Waals surface area (Å²) >= 11 is 1.35. The number of nitrogens with one attached hydrogen (secondary N) is 1. The summed E-state index contributed by atoms with van der Waals surface area (Å²) in [6.45, 7) is -0.956. The minimum atomic E-state index is -4.38. The summed E-state index contributed by atoms with van der Waals surface area (Å²) in [5.41, 5.74) is 1.51. The highest BCUT2D eigenvalue weighted by molar-refractivity contribution is 7.18. The van der Waals surface area contributed by atoms with E-state index in [1.807, 2.05) is 18.2 Å². The third-order valence-corrected chi connectivity index (χ3v) is 3.84. The van der Waals surface area contributed by atoms with Crippen LogP contribution in [0.15, 0.2) is 42.7 Å². The van der Waals surface area contributed by atoms with Crippen LogP contribution >= 0.6 is 11.3 Å². The van der Waals surface area contributed by atoms with E-state index in [1.165, 1.54) is 23.6 Å². The zero-order valence-electron chi connectivity index (χ0n) is 12.7. The van der Waals surface area contributed by atoms with Crippen LogP contribution in [0.2, 0.25) is 0 Å². The van der Waals surface area contributed by atoms with Crippen molar-refractivity contribution in [2.24, 2.45) is 0 Å². The maximum atomic E-state index is 12.1. The Kier molecular flexibility index (Phi) is 5.08.